The molecular formula is C15H29N3O11. The molecule has 0 aromatic carbocycles. The van der Waals surface area contributed by atoms with E-state index in [2.05, 4.69) is 15.0 Å². The first-order chi connectivity index (χ1) is 13.5. The fraction of sp³-hybridized carbons (Fsp3) is 0.867. The second kappa shape index (κ2) is 16.2. The summed E-state index contributed by atoms with van der Waals surface area (Å²) < 4.78 is 9.71. The fourth-order valence-corrected chi connectivity index (χ4v) is 1.46. The number of hydrogen-bond acceptors (Lipinski definition) is 11. The number of amides is 1. The van der Waals surface area contributed by atoms with Gasteiger partial charge in [0.2, 0.25) is 6.41 Å². The van der Waals surface area contributed by atoms with E-state index in [1.165, 1.54) is 0 Å². The number of esters is 1. The maximum Gasteiger partial charge on any atom is 0.331 e. The number of carbonyl (C=O) groups is 2. The second-order valence-corrected chi connectivity index (χ2v) is 6.47. The third-order valence-electron chi connectivity index (χ3n) is 3.11. The number of rotatable bonds is 14. The molecule has 0 aliphatic rings. The van der Waals surface area contributed by atoms with E-state index >= 15 is 0 Å². The highest BCUT2D eigenvalue weighted by molar-refractivity contribution is 5.78. The number of ether oxygens (including phenoxy) is 2. The molecule has 29 heavy (non-hydrogen) atoms. The Kier molecular flexibility index (Phi) is 15.9. The molecule has 0 radical (unpaired) electrons. The normalized spacial score (nSPS) is 12.4. The SMILES string of the molecule is COC(C)(C)C.O=CNC(CO)C(=O)OCCCCC(CO[N+](=O)[O-])O[N+](=O)[O-]. The molecule has 14 nitrogen and oxygen atoms in total. The minimum Gasteiger partial charge on any atom is -0.464 e. The van der Waals surface area contributed by atoms with Crippen molar-refractivity contribution in [2.24, 2.45) is 0 Å². The predicted molar refractivity (Wildman–Crippen MR) is 96.5 cm³/mol. The number of aliphatic hydroxyl groups excluding tert-OH is 1. The number of hydrogen-bond donors (Lipinski definition) is 2. The van der Waals surface area contributed by atoms with Crippen LogP contribution in [0.5, 0.6) is 0 Å². The topological polar surface area (TPSA) is 190 Å². The van der Waals surface area contributed by atoms with Crippen LogP contribution in [0.25, 0.3) is 0 Å². The molecule has 0 aromatic heterocycles. The number of carbonyl (C=O) groups excluding carboxylic acids is 2. The first-order valence-corrected chi connectivity index (χ1v) is 8.57. The molecule has 170 valence electrons. The van der Waals surface area contributed by atoms with Crippen molar-refractivity contribution in [3.05, 3.63) is 20.2 Å². The monoisotopic (exact) mass is 427 g/mol. The van der Waals surface area contributed by atoms with E-state index in [1.54, 1.807) is 7.11 Å². The summed E-state index contributed by atoms with van der Waals surface area (Å²) in [7, 11) is 1.71. The molecule has 0 spiro atoms. The van der Waals surface area contributed by atoms with Gasteiger partial charge in [-0.15, -0.1) is 20.2 Å². The van der Waals surface area contributed by atoms with Crippen molar-refractivity contribution in [3.63, 3.8) is 0 Å². The summed E-state index contributed by atoms with van der Waals surface area (Å²) in [5.74, 6) is -0.825. The Hall–Kier alpha value is -2.74. The average Bonchev–Trinajstić information content (AvgIpc) is 2.62. The zero-order valence-electron chi connectivity index (χ0n) is 16.9. The van der Waals surface area contributed by atoms with Gasteiger partial charge >= 0.3 is 5.97 Å². The smallest absolute Gasteiger partial charge is 0.331 e. The second-order valence-electron chi connectivity index (χ2n) is 6.47. The highest BCUT2D eigenvalue weighted by atomic mass is 17.0. The number of nitrogens with one attached hydrogen (secondary N) is 1. The standard InChI is InChI=1S/C10H17N3O10.C5H12O/c14-5-9(11-7-15)10(16)21-4-2-1-3-8(23-13(19)20)6-22-12(17)18;1-5(2,3)6-4/h7-9,14H,1-6H2,(H,11,15);1-4H3. The highest BCUT2D eigenvalue weighted by Crippen LogP contribution is 2.07. The van der Waals surface area contributed by atoms with Gasteiger partial charge in [-0.2, -0.15) is 0 Å². The van der Waals surface area contributed by atoms with Crippen LogP contribution in [0.3, 0.4) is 0 Å². The Balaban J connectivity index is 0. The van der Waals surface area contributed by atoms with E-state index in [-0.39, 0.29) is 25.0 Å². The fourth-order valence-electron chi connectivity index (χ4n) is 1.46. The van der Waals surface area contributed by atoms with Gasteiger partial charge in [0.25, 0.3) is 10.2 Å². The quantitative estimate of drug-likeness (QED) is 0.125. The van der Waals surface area contributed by atoms with Gasteiger partial charge in [-0.05, 0) is 40.0 Å². The lowest BCUT2D eigenvalue weighted by atomic mass is 10.2. The minimum atomic E-state index is -1.16. The van der Waals surface area contributed by atoms with Crippen LogP contribution in [0.4, 0.5) is 0 Å². The molecule has 0 saturated heterocycles. The molecule has 0 aromatic rings. The molecule has 0 heterocycles. The van der Waals surface area contributed by atoms with Crippen molar-refractivity contribution < 1.29 is 44.0 Å². The van der Waals surface area contributed by atoms with Gasteiger partial charge in [0.15, 0.2) is 0 Å². The molecule has 2 N–H and O–H groups in total. The van der Waals surface area contributed by atoms with E-state index in [0.29, 0.717) is 12.8 Å². The summed E-state index contributed by atoms with van der Waals surface area (Å²) in [4.78, 5) is 50.0. The van der Waals surface area contributed by atoms with Crippen LogP contribution in [0.15, 0.2) is 0 Å². The molecule has 2 unspecified atom stereocenters. The van der Waals surface area contributed by atoms with Gasteiger partial charge in [-0.3, -0.25) is 4.79 Å². The Bertz CT molecular complexity index is 496. The van der Waals surface area contributed by atoms with Crippen LogP contribution in [0, 0.1) is 20.2 Å². The third kappa shape index (κ3) is 19.8. The van der Waals surface area contributed by atoms with Gasteiger partial charge < -0.3 is 29.6 Å². The van der Waals surface area contributed by atoms with Crippen LogP contribution in [-0.4, -0.2) is 72.3 Å². The summed E-state index contributed by atoms with van der Waals surface area (Å²) in [5, 5.41) is 29.0. The number of methoxy groups -OCH3 is 1. The minimum absolute atomic E-state index is 0.0417. The zero-order valence-corrected chi connectivity index (χ0v) is 16.9. The van der Waals surface area contributed by atoms with Crippen molar-refractivity contribution >= 4 is 12.4 Å². The molecule has 0 aliphatic carbocycles. The predicted octanol–water partition coefficient (Wildman–Crippen LogP) is 0.0233. The van der Waals surface area contributed by atoms with Gasteiger partial charge in [0, 0.05) is 7.11 Å². The van der Waals surface area contributed by atoms with Crippen molar-refractivity contribution in [1.82, 2.24) is 5.32 Å². The van der Waals surface area contributed by atoms with Crippen LogP contribution in [-0.2, 0) is 28.7 Å². The summed E-state index contributed by atoms with van der Waals surface area (Å²) in [6.45, 7) is 4.79. The van der Waals surface area contributed by atoms with E-state index in [1.807, 2.05) is 20.8 Å². The Morgan fingerprint density at radius 3 is 2.21 bits per heavy atom. The molecule has 0 saturated carbocycles. The lowest BCUT2D eigenvalue weighted by Crippen LogP contribution is -2.40. The number of aliphatic hydroxyl groups is 1. The van der Waals surface area contributed by atoms with Crippen molar-refractivity contribution in [3.8, 4) is 0 Å². The Labute approximate surface area is 167 Å². The molecule has 0 fully saturated rings. The molecule has 2 atom stereocenters. The third-order valence-corrected chi connectivity index (χ3v) is 3.11. The van der Waals surface area contributed by atoms with Gasteiger partial charge in [-0.25, -0.2) is 4.79 Å². The average molecular weight is 427 g/mol. The van der Waals surface area contributed by atoms with Crippen molar-refractivity contribution in [2.45, 2.75) is 57.8 Å². The van der Waals surface area contributed by atoms with E-state index < -0.39 is 41.5 Å². The number of nitrogens with zero attached hydrogens (tertiary/aromatic N) is 2. The van der Waals surface area contributed by atoms with Gasteiger partial charge in [-0.1, -0.05) is 0 Å². The maximum atomic E-state index is 11.4. The van der Waals surface area contributed by atoms with Crippen LogP contribution in [0.2, 0.25) is 0 Å². The Morgan fingerprint density at radius 2 is 1.79 bits per heavy atom. The summed E-state index contributed by atoms with van der Waals surface area (Å²) in [5.41, 5.74) is 0.0417. The van der Waals surface area contributed by atoms with E-state index in [9.17, 15) is 29.8 Å². The first-order valence-electron chi connectivity index (χ1n) is 8.57. The van der Waals surface area contributed by atoms with Gasteiger partial charge in [0.05, 0.1) is 18.8 Å². The van der Waals surface area contributed by atoms with Crippen molar-refractivity contribution in [2.75, 3.05) is 26.9 Å². The lowest BCUT2D eigenvalue weighted by Gasteiger charge is -2.14. The van der Waals surface area contributed by atoms with Crippen LogP contribution >= 0.6 is 0 Å². The molecule has 14 heteroatoms. The number of unbranched alkanes of at least 4 members (excludes halogenated alkanes) is 1. The lowest BCUT2D eigenvalue weighted by molar-refractivity contribution is -0.790. The van der Waals surface area contributed by atoms with Crippen LogP contribution in [0.1, 0.15) is 40.0 Å². The van der Waals surface area contributed by atoms with E-state index in [0.717, 1.165) is 0 Å². The maximum absolute atomic E-state index is 11.4. The molecular weight excluding hydrogens is 398 g/mol. The summed E-state index contributed by atoms with van der Waals surface area (Å²) in [6, 6.07) is -1.16. The first kappa shape index (κ1) is 28.5. The summed E-state index contributed by atoms with van der Waals surface area (Å²) >= 11 is 0. The summed E-state index contributed by atoms with van der Waals surface area (Å²) in [6.07, 6.45) is -0.203. The zero-order chi connectivity index (χ0) is 22.9. The molecule has 0 aliphatic heterocycles. The molecule has 0 rings (SSSR count). The van der Waals surface area contributed by atoms with Crippen molar-refractivity contribution in [1.29, 1.82) is 0 Å². The van der Waals surface area contributed by atoms with Crippen LogP contribution < -0.4 is 5.32 Å². The van der Waals surface area contributed by atoms with Gasteiger partial charge in [0.1, 0.15) is 18.8 Å². The molecule has 0 bridgehead atoms. The molecule has 1 amide bonds. The Morgan fingerprint density at radius 1 is 1.21 bits per heavy atom. The highest BCUT2D eigenvalue weighted by Gasteiger charge is 2.18. The van der Waals surface area contributed by atoms with E-state index in [4.69, 9.17) is 14.6 Å². The largest absolute Gasteiger partial charge is 0.464 e.